The number of amides is 2. The standard InChI is InChI=1S/C13H16FN3O2/c1-15-12(18)9-4-3-7-17(8-9)13(19)10-5-2-6-11(14)16-10/h2,5-6,9H,3-4,7-8H2,1H3,(H,15,18). The first kappa shape index (κ1) is 13.5. The fourth-order valence-electron chi connectivity index (χ4n) is 2.27. The number of nitrogens with zero attached hydrogens (tertiary/aromatic N) is 2. The molecule has 0 aromatic carbocycles. The van der Waals surface area contributed by atoms with Crippen LogP contribution in [-0.4, -0.2) is 41.8 Å². The third-order valence-corrected chi connectivity index (χ3v) is 3.26. The number of carbonyl (C=O) groups excluding carboxylic acids is 2. The van der Waals surface area contributed by atoms with E-state index in [0.717, 1.165) is 12.8 Å². The first-order valence-corrected chi connectivity index (χ1v) is 6.25. The van der Waals surface area contributed by atoms with Crippen molar-refractivity contribution in [3.63, 3.8) is 0 Å². The third-order valence-electron chi connectivity index (χ3n) is 3.26. The second kappa shape index (κ2) is 5.77. The highest BCUT2D eigenvalue weighted by Crippen LogP contribution is 2.18. The van der Waals surface area contributed by atoms with E-state index >= 15 is 0 Å². The fraction of sp³-hybridized carbons (Fsp3) is 0.462. The van der Waals surface area contributed by atoms with E-state index in [4.69, 9.17) is 0 Å². The number of aromatic nitrogens is 1. The number of hydrogen-bond donors (Lipinski definition) is 1. The Bertz CT molecular complexity index is 493. The molecule has 0 bridgehead atoms. The zero-order chi connectivity index (χ0) is 13.8. The van der Waals surface area contributed by atoms with Gasteiger partial charge in [0.2, 0.25) is 11.9 Å². The molecule has 1 N–H and O–H groups in total. The predicted octanol–water partition coefficient (Wildman–Crippen LogP) is 0.819. The molecule has 1 fully saturated rings. The maximum atomic E-state index is 13.0. The van der Waals surface area contributed by atoms with Crippen molar-refractivity contribution < 1.29 is 14.0 Å². The van der Waals surface area contributed by atoms with Gasteiger partial charge in [-0.05, 0) is 25.0 Å². The zero-order valence-corrected chi connectivity index (χ0v) is 10.7. The van der Waals surface area contributed by atoms with Crippen LogP contribution in [0.4, 0.5) is 4.39 Å². The van der Waals surface area contributed by atoms with Crippen LogP contribution in [0.2, 0.25) is 0 Å². The molecule has 2 heterocycles. The topological polar surface area (TPSA) is 62.3 Å². The molecular formula is C13H16FN3O2. The minimum absolute atomic E-state index is 0.0651. The quantitative estimate of drug-likeness (QED) is 0.805. The van der Waals surface area contributed by atoms with E-state index in [2.05, 4.69) is 10.3 Å². The summed E-state index contributed by atoms with van der Waals surface area (Å²) in [5, 5.41) is 2.59. The summed E-state index contributed by atoms with van der Waals surface area (Å²) < 4.78 is 13.0. The van der Waals surface area contributed by atoms with Gasteiger partial charge in [0.1, 0.15) is 5.69 Å². The van der Waals surface area contributed by atoms with E-state index < -0.39 is 5.95 Å². The maximum absolute atomic E-state index is 13.0. The van der Waals surface area contributed by atoms with Crippen LogP contribution in [0.5, 0.6) is 0 Å². The lowest BCUT2D eigenvalue weighted by molar-refractivity contribution is -0.125. The van der Waals surface area contributed by atoms with Crippen molar-refractivity contribution in [2.45, 2.75) is 12.8 Å². The summed E-state index contributed by atoms with van der Waals surface area (Å²) >= 11 is 0. The molecule has 1 aromatic heterocycles. The molecule has 0 aliphatic carbocycles. The summed E-state index contributed by atoms with van der Waals surface area (Å²) in [7, 11) is 1.58. The Morgan fingerprint density at radius 3 is 2.95 bits per heavy atom. The Kier molecular flexibility index (Phi) is 4.09. The number of rotatable bonds is 2. The van der Waals surface area contributed by atoms with Gasteiger partial charge in [-0.3, -0.25) is 9.59 Å². The van der Waals surface area contributed by atoms with Crippen LogP contribution in [-0.2, 0) is 4.79 Å². The number of likely N-dealkylation sites (tertiary alicyclic amines) is 1. The Hall–Kier alpha value is -1.98. The van der Waals surface area contributed by atoms with E-state index in [9.17, 15) is 14.0 Å². The monoisotopic (exact) mass is 265 g/mol. The Morgan fingerprint density at radius 1 is 1.47 bits per heavy atom. The average molecular weight is 265 g/mol. The zero-order valence-electron chi connectivity index (χ0n) is 10.7. The molecule has 1 saturated heterocycles. The number of hydrogen-bond acceptors (Lipinski definition) is 3. The molecule has 19 heavy (non-hydrogen) atoms. The molecule has 102 valence electrons. The first-order valence-electron chi connectivity index (χ1n) is 6.25. The van der Waals surface area contributed by atoms with Gasteiger partial charge in [0.15, 0.2) is 0 Å². The van der Waals surface area contributed by atoms with Crippen molar-refractivity contribution in [1.29, 1.82) is 0 Å². The molecule has 2 rings (SSSR count). The average Bonchev–Trinajstić information content (AvgIpc) is 2.45. The molecule has 0 radical (unpaired) electrons. The lowest BCUT2D eigenvalue weighted by atomic mass is 9.97. The first-order chi connectivity index (χ1) is 9.11. The van der Waals surface area contributed by atoms with Gasteiger partial charge in [-0.1, -0.05) is 6.07 Å². The van der Waals surface area contributed by atoms with Gasteiger partial charge in [-0.25, -0.2) is 4.98 Å². The second-order valence-corrected chi connectivity index (χ2v) is 4.55. The molecule has 0 saturated carbocycles. The summed E-state index contributed by atoms with van der Waals surface area (Å²) in [6, 6.07) is 4.13. The van der Waals surface area contributed by atoms with Crippen molar-refractivity contribution in [1.82, 2.24) is 15.2 Å². The molecule has 2 amide bonds. The second-order valence-electron chi connectivity index (χ2n) is 4.55. The lowest BCUT2D eigenvalue weighted by Crippen LogP contribution is -2.45. The Morgan fingerprint density at radius 2 is 2.26 bits per heavy atom. The van der Waals surface area contributed by atoms with E-state index in [0.29, 0.717) is 13.1 Å². The van der Waals surface area contributed by atoms with E-state index in [1.54, 1.807) is 11.9 Å². The van der Waals surface area contributed by atoms with Crippen molar-refractivity contribution >= 4 is 11.8 Å². The van der Waals surface area contributed by atoms with Crippen LogP contribution in [0.15, 0.2) is 18.2 Å². The number of halogens is 1. The molecule has 1 unspecified atom stereocenters. The van der Waals surface area contributed by atoms with E-state index in [1.165, 1.54) is 18.2 Å². The Balaban J connectivity index is 2.09. The third kappa shape index (κ3) is 3.07. The largest absolute Gasteiger partial charge is 0.359 e. The van der Waals surface area contributed by atoms with Crippen LogP contribution in [0.1, 0.15) is 23.3 Å². The maximum Gasteiger partial charge on any atom is 0.272 e. The fourth-order valence-corrected chi connectivity index (χ4v) is 2.27. The number of pyridine rings is 1. The number of carbonyl (C=O) groups is 2. The van der Waals surface area contributed by atoms with Gasteiger partial charge in [0, 0.05) is 20.1 Å². The molecular weight excluding hydrogens is 249 g/mol. The van der Waals surface area contributed by atoms with Crippen LogP contribution in [0, 0.1) is 11.9 Å². The van der Waals surface area contributed by atoms with Crippen LogP contribution >= 0.6 is 0 Å². The van der Waals surface area contributed by atoms with Crippen LogP contribution in [0.25, 0.3) is 0 Å². The summed E-state index contributed by atoms with van der Waals surface area (Å²) in [5.74, 6) is -1.26. The SMILES string of the molecule is CNC(=O)C1CCCN(C(=O)c2cccc(F)n2)C1. The molecule has 1 aliphatic rings. The van der Waals surface area contributed by atoms with Gasteiger partial charge >= 0.3 is 0 Å². The minimum Gasteiger partial charge on any atom is -0.359 e. The molecule has 0 spiro atoms. The van der Waals surface area contributed by atoms with Crippen molar-refractivity contribution in [2.75, 3.05) is 20.1 Å². The molecule has 6 heteroatoms. The highest BCUT2D eigenvalue weighted by atomic mass is 19.1. The molecule has 1 aliphatic heterocycles. The van der Waals surface area contributed by atoms with Crippen LogP contribution in [0.3, 0.4) is 0 Å². The van der Waals surface area contributed by atoms with E-state index in [-0.39, 0.29) is 23.4 Å². The summed E-state index contributed by atoms with van der Waals surface area (Å²) in [6.07, 6.45) is 1.53. The molecule has 5 nitrogen and oxygen atoms in total. The number of nitrogens with one attached hydrogen (secondary N) is 1. The Labute approximate surface area is 110 Å². The molecule has 1 atom stereocenters. The van der Waals surface area contributed by atoms with Crippen molar-refractivity contribution in [2.24, 2.45) is 5.92 Å². The number of piperidine rings is 1. The molecule has 1 aromatic rings. The minimum atomic E-state index is -0.675. The lowest BCUT2D eigenvalue weighted by Gasteiger charge is -2.31. The highest BCUT2D eigenvalue weighted by Gasteiger charge is 2.28. The van der Waals surface area contributed by atoms with Crippen LogP contribution < -0.4 is 5.32 Å². The summed E-state index contributed by atoms with van der Waals surface area (Å²) in [4.78, 5) is 28.9. The predicted molar refractivity (Wildman–Crippen MR) is 66.9 cm³/mol. The van der Waals surface area contributed by atoms with Gasteiger partial charge in [0.25, 0.3) is 5.91 Å². The van der Waals surface area contributed by atoms with Gasteiger partial charge < -0.3 is 10.2 Å². The van der Waals surface area contributed by atoms with Gasteiger partial charge in [-0.2, -0.15) is 4.39 Å². The van der Waals surface area contributed by atoms with Crippen molar-refractivity contribution in [3.05, 3.63) is 29.8 Å². The van der Waals surface area contributed by atoms with Gasteiger partial charge in [-0.15, -0.1) is 0 Å². The summed E-state index contributed by atoms with van der Waals surface area (Å²) in [6.45, 7) is 0.932. The summed E-state index contributed by atoms with van der Waals surface area (Å²) in [5.41, 5.74) is 0.0811. The van der Waals surface area contributed by atoms with Gasteiger partial charge in [0.05, 0.1) is 5.92 Å². The van der Waals surface area contributed by atoms with E-state index in [1.807, 2.05) is 0 Å². The smallest absolute Gasteiger partial charge is 0.272 e. The normalized spacial score (nSPS) is 19.1. The highest BCUT2D eigenvalue weighted by molar-refractivity contribution is 5.92. The van der Waals surface area contributed by atoms with Crippen molar-refractivity contribution in [3.8, 4) is 0 Å².